The molecule has 0 aliphatic rings. The van der Waals surface area contributed by atoms with E-state index in [2.05, 4.69) is 28.5 Å². The molecule has 1 atom stereocenters. The summed E-state index contributed by atoms with van der Waals surface area (Å²) >= 11 is 0. The van der Waals surface area contributed by atoms with Crippen LogP contribution in [0.3, 0.4) is 0 Å². The first-order chi connectivity index (χ1) is 12.0. The van der Waals surface area contributed by atoms with E-state index in [9.17, 15) is 4.79 Å². The number of nitrogens with one attached hydrogen (secondary N) is 1. The second kappa shape index (κ2) is 7.34. The quantitative estimate of drug-likeness (QED) is 0.761. The number of pyridine rings is 1. The number of hydrogen-bond acceptors (Lipinski definition) is 3. The highest BCUT2D eigenvalue weighted by Crippen LogP contribution is 2.27. The van der Waals surface area contributed by atoms with Crippen molar-refractivity contribution in [2.75, 3.05) is 0 Å². The lowest BCUT2D eigenvalue weighted by Crippen LogP contribution is -2.40. The van der Waals surface area contributed by atoms with Crippen molar-refractivity contribution in [1.29, 1.82) is 0 Å². The van der Waals surface area contributed by atoms with E-state index >= 15 is 0 Å². The molecule has 3 rings (SSSR count). The molecule has 128 valence electrons. The monoisotopic (exact) mass is 334 g/mol. The molecule has 25 heavy (non-hydrogen) atoms. The molecule has 0 radical (unpaired) electrons. The van der Waals surface area contributed by atoms with Gasteiger partial charge in [-0.25, -0.2) is 0 Å². The van der Waals surface area contributed by atoms with Crippen molar-refractivity contribution in [2.45, 2.75) is 32.9 Å². The Hall–Kier alpha value is -2.88. The van der Waals surface area contributed by atoms with E-state index in [1.54, 1.807) is 13.1 Å². The minimum absolute atomic E-state index is 0.0946. The van der Waals surface area contributed by atoms with Gasteiger partial charge in [0.1, 0.15) is 5.75 Å². The number of ether oxygens (including phenoxy) is 1. The lowest BCUT2D eigenvalue weighted by Gasteiger charge is -2.17. The molecule has 1 N–H and O–H groups in total. The molecule has 0 aliphatic carbocycles. The Balaban J connectivity index is 1.85. The molecule has 1 heterocycles. The second-order valence-electron chi connectivity index (χ2n) is 6.39. The molecule has 4 nitrogen and oxygen atoms in total. The van der Waals surface area contributed by atoms with Crippen LogP contribution in [0.25, 0.3) is 21.9 Å². The molecule has 4 heteroatoms. The fourth-order valence-corrected chi connectivity index (χ4v) is 2.67. The third-order valence-electron chi connectivity index (χ3n) is 3.92. The number of carbonyl (C=O) groups is 1. The van der Waals surface area contributed by atoms with Gasteiger partial charge in [-0.2, -0.15) is 0 Å². The molecule has 2 aromatic carbocycles. The Morgan fingerprint density at radius 2 is 1.80 bits per heavy atom. The van der Waals surface area contributed by atoms with E-state index in [4.69, 9.17) is 4.74 Å². The van der Waals surface area contributed by atoms with Gasteiger partial charge < -0.3 is 10.1 Å². The van der Waals surface area contributed by atoms with Crippen LogP contribution in [0, 0.1) is 0 Å². The first-order valence-corrected chi connectivity index (χ1v) is 8.44. The zero-order valence-electron chi connectivity index (χ0n) is 14.7. The van der Waals surface area contributed by atoms with Crippen LogP contribution in [0.1, 0.15) is 20.8 Å². The number of nitrogens with zero attached hydrogens (tertiary/aromatic N) is 1. The van der Waals surface area contributed by atoms with Crippen LogP contribution >= 0.6 is 0 Å². The first kappa shape index (κ1) is 17.0. The van der Waals surface area contributed by atoms with Gasteiger partial charge in [-0.3, -0.25) is 9.78 Å². The summed E-state index contributed by atoms with van der Waals surface area (Å²) in [4.78, 5) is 16.2. The summed E-state index contributed by atoms with van der Waals surface area (Å²) in [7, 11) is 0. The summed E-state index contributed by atoms with van der Waals surface area (Å²) in [6.07, 6.45) is 3.07. The summed E-state index contributed by atoms with van der Waals surface area (Å²) in [6.45, 7) is 5.62. The number of hydrogen-bond donors (Lipinski definition) is 1. The molecule has 0 saturated heterocycles. The first-order valence-electron chi connectivity index (χ1n) is 8.44. The lowest BCUT2D eigenvalue weighted by molar-refractivity contribution is -0.127. The summed E-state index contributed by atoms with van der Waals surface area (Å²) < 4.78 is 5.81. The number of rotatable bonds is 5. The number of amides is 1. The minimum Gasteiger partial charge on any atom is -0.481 e. The van der Waals surface area contributed by atoms with Crippen molar-refractivity contribution < 1.29 is 9.53 Å². The Kier molecular flexibility index (Phi) is 4.98. The van der Waals surface area contributed by atoms with Gasteiger partial charge in [-0.15, -0.1) is 0 Å². The molecule has 0 spiro atoms. The molecular weight excluding hydrogens is 312 g/mol. The Morgan fingerprint density at radius 3 is 2.52 bits per heavy atom. The zero-order valence-corrected chi connectivity index (χ0v) is 14.7. The summed E-state index contributed by atoms with van der Waals surface area (Å²) in [5, 5.41) is 5.05. The van der Waals surface area contributed by atoms with Crippen molar-refractivity contribution in [3.05, 3.63) is 60.9 Å². The second-order valence-corrected chi connectivity index (χ2v) is 6.39. The average molecular weight is 334 g/mol. The van der Waals surface area contributed by atoms with Crippen molar-refractivity contribution in [3.63, 3.8) is 0 Å². The van der Waals surface area contributed by atoms with Crippen molar-refractivity contribution in [2.24, 2.45) is 0 Å². The van der Waals surface area contributed by atoms with Crippen molar-refractivity contribution in [3.8, 4) is 16.9 Å². The van der Waals surface area contributed by atoms with Gasteiger partial charge in [0.05, 0.1) is 0 Å². The van der Waals surface area contributed by atoms with Gasteiger partial charge in [-0.05, 0) is 61.4 Å². The molecule has 0 bridgehead atoms. The maximum Gasteiger partial charge on any atom is 0.260 e. The van der Waals surface area contributed by atoms with Crippen LogP contribution in [-0.2, 0) is 4.79 Å². The molecule has 0 fully saturated rings. The van der Waals surface area contributed by atoms with E-state index < -0.39 is 6.10 Å². The average Bonchev–Trinajstić information content (AvgIpc) is 2.61. The minimum atomic E-state index is -0.540. The number of benzene rings is 2. The maximum absolute atomic E-state index is 12.0. The number of carbonyl (C=O) groups excluding carboxylic acids is 1. The summed E-state index contributed by atoms with van der Waals surface area (Å²) in [5.74, 6) is 0.571. The van der Waals surface area contributed by atoms with Crippen LogP contribution in [0.15, 0.2) is 60.9 Å². The van der Waals surface area contributed by atoms with Gasteiger partial charge >= 0.3 is 0 Å². The standard InChI is InChI=1S/C21H22N2O2/c1-14(2)23-21(24)15(3)25-20-9-8-16-6-7-17(11-19(16)12-20)18-5-4-10-22-13-18/h4-15H,1-3H3,(H,23,24). The van der Waals surface area contributed by atoms with Gasteiger partial charge in [0, 0.05) is 24.0 Å². The lowest BCUT2D eigenvalue weighted by atomic mass is 10.0. The van der Waals surface area contributed by atoms with Crippen LogP contribution in [0.5, 0.6) is 5.75 Å². The Bertz CT molecular complexity index is 875. The molecule has 1 amide bonds. The van der Waals surface area contributed by atoms with Crippen LogP contribution < -0.4 is 10.1 Å². The van der Waals surface area contributed by atoms with E-state index in [0.717, 1.165) is 21.9 Å². The maximum atomic E-state index is 12.0. The van der Waals surface area contributed by atoms with Gasteiger partial charge in [0.15, 0.2) is 6.10 Å². The van der Waals surface area contributed by atoms with Crippen LogP contribution in [0.2, 0.25) is 0 Å². The van der Waals surface area contributed by atoms with Gasteiger partial charge in [0.2, 0.25) is 0 Å². The van der Waals surface area contributed by atoms with E-state index in [1.807, 2.05) is 50.4 Å². The molecule has 0 aliphatic heterocycles. The highest BCUT2D eigenvalue weighted by molar-refractivity contribution is 5.88. The van der Waals surface area contributed by atoms with Gasteiger partial charge in [-0.1, -0.05) is 24.3 Å². The third-order valence-corrected chi connectivity index (χ3v) is 3.92. The van der Waals surface area contributed by atoms with E-state index in [-0.39, 0.29) is 11.9 Å². The molecule has 1 unspecified atom stereocenters. The normalized spacial score (nSPS) is 12.2. The van der Waals surface area contributed by atoms with Crippen LogP contribution in [-0.4, -0.2) is 23.0 Å². The van der Waals surface area contributed by atoms with E-state index in [1.165, 1.54) is 0 Å². The SMILES string of the molecule is CC(C)NC(=O)C(C)Oc1ccc2ccc(-c3cccnc3)cc2c1. The number of fused-ring (bicyclic) bond motifs is 1. The topological polar surface area (TPSA) is 51.2 Å². The molecule has 3 aromatic rings. The summed E-state index contributed by atoms with van der Waals surface area (Å²) in [5.41, 5.74) is 2.17. The van der Waals surface area contributed by atoms with Gasteiger partial charge in [0.25, 0.3) is 5.91 Å². The summed E-state index contributed by atoms with van der Waals surface area (Å²) in [6, 6.07) is 16.2. The Labute approximate surface area is 147 Å². The predicted molar refractivity (Wildman–Crippen MR) is 101 cm³/mol. The highest BCUT2D eigenvalue weighted by Gasteiger charge is 2.15. The van der Waals surface area contributed by atoms with Crippen molar-refractivity contribution >= 4 is 16.7 Å². The van der Waals surface area contributed by atoms with Crippen LogP contribution in [0.4, 0.5) is 0 Å². The predicted octanol–water partition coefficient (Wildman–Crippen LogP) is 4.19. The zero-order chi connectivity index (χ0) is 17.8. The smallest absolute Gasteiger partial charge is 0.260 e. The molecular formula is C21H22N2O2. The van der Waals surface area contributed by atoms with E-state index in [0.29, 0.717) is 5.75 Å². The van der Waals surface area contributed by atoms with Crippen molar-refractivity contribution in [1.82, 2.24) is 10.3 Å². The fraction of sp³-hybridized carbons (Fsp3) is 0.238. The fourth-order valence-electron chi connectivity index (χ4n) is 2.67. The molecule has 0 saturated carbocycles. The third kappa shape index (κ3) is 4.15. The highest BCUT2D eigenvalue weighted by atomic mass is 16.5. The molecule has 1 aromatic heterocycles. The Morgan fingerprint density at radius 1 is 1.00 bits per heavy atom. The largest absolute Gasteiger partial charge is 0.481 e. The number of aromatic nitrogens is 1.